The summed E-state index contributed by atoms with van der Waals surface area (Å²) in [5.41, 5.74) is 0. The van der Waals surface area contributed by atoms with E-state index in [1.807, 2.05) is 6.92 Å². The zero-order valence-electron chi connectivity index (χ0n) is 6.47. The smallest absolute Gasteiger partial charge is 0.142 e. The lowest BCUT2D eigenvalue weighted by atomic mass is 9.81. The average molecular weight is 138 g/mol. The fourth-order valence-corrected chi connectivity index (χ4v) is 1.53. The van der Waals surface area contributed by atoms with Crippen molar-refractivity contribution in [2.24, 2.45) is 11.8 Å². The van der Waals surface area contributed by atoms with Gasteiger partial charge in [0.05, 0.1) is 0 Å². The van der Waals surface area contributed by atoms with Crippen LogP contribution in [0.25, 0.3) is 0 Å². The van der Waals surface area contributed by atoms with Crippen LogP contribution in [-0.4, -0.2) is 5.78 Å². The van der Waals surface area contributed by atoms with Crippen molar-refractivity contribution < 1.29 is 4.79 Å². The summed E-state index contributed by atoms with van der Waals surface area (Å²) >= 11 is 0. The third-order valence-corrected chi connectivity index (χ3v) is 2.29. The number of allylic oxidation sites excluding steroid dienone is 1. The van der Waals surface area contributed by atoms with Gasteiger partial charge in [0.15, 0.2) is 0 Å². The Morgan fingerprint density at radius 1 is 1.60 bits per heavy atom. The number of carbonyl (C=O) groups is 1. The second kappa shape index (κ2) is 3.00. The van der Waals surface area contributed by atoms with Gasteiger partial charge in [0.2, 0.25) is 0 Å². The van der Waals surface area contributed by atoms with Crippen LogP contribution in [0.15, 0.2) is 12.7 Å². The fourth-order valence-electron chi connectivity index (χ4n) is 1.53. The molecule has 0 aliphatic heterocycles. The highest BCUT2D eigenvalue weighted by atomic mass is 16.1. The molecule has 0 aromatic rings. The van der Waals surface area contributed by atoms with Crippen LogP contribution in [0.3, 0.4) is 0 Å². The maximum atomic E-state index is 11.3. The van der Waals surface area contributed by atoms with E-state index in [-0.39, 0.29) is 11.8 Å². The molecular formula is C9H14O. The molecule has 0 amide bonds. The first-order chi connectivity index (χ1) is 4.75. The molecule has 2 unspecified atom stereocenters. The molecule has 0 bridgehead atoms. The minimum Gasteiger partial charge on any atom is -0.299 e. The molecule has 0 heterocycles. The molecule has 0 spiro atoms. The zero-order valence-corrected chi connectivity index (χ0v) is 6.47. The lowest BCUT2D eigenvalue weighted by molar-refractivity contribution is -0.126. The van der Waals surface area contributed by atoms with Gasteiger partial charge in [-0.25, -0.2) is 0 Å². The Morgan fingerprint density at radius 2 is 2.30 bits per heavy atom. The van der Waals surface area contributed by atoms with Crippen molar-refractivity contribution in [2.45, 2.75) is 26.2 Å². The molecule has 0 aromatic carbocycles. The Hall–Kier alpha value is -0.590. The van der Waals surface area contributed by atoms with E-state index in [9.17, 15) is 4.79 Å². The zero-order chi connectivity index (χ0) is 7.56. The molecule has 1 rings (SSSR count). The Kier molecular flexibility index (Phi) is 2.25. The molecule has 10 heavy (non-hydrogen) atoms. The summed E-state index contributed by atoms with van der Waals surface area (Å²) in [6.45, 7) is 5.66. The fraction of sp³-hybridized carbons (Fsp3) is 0.667. The predicted octanol–water partition coefficient (Wildman–Crippen LogP) is 2.18. The van der Waals surface area contributed by atoms with E-state index < -0.39 is 0 Å². The SMILES string of the molecule is C=CC1CCCC(C)C1=O. The number of rotatable bonds is 1. The van der Waals surface area contributed by atoms with Crippen LogP contribution in [0.2, 0.25) is 0 Å². The second-order valence-electron chi connectivity index (χ2n) is 3.08. The minimum atomic E-state index is 0.156. The van der Waals surface area contributed by atoms with Crippen molar-refractivity contribution in [3.05, 3.63) is 12.7 Å². The Morgan fingerprint density at radius 3 is 2.80 bits per heavy atom. The van der Waals surface area contributed by atoms with Gasteiger partial charge in [-0.15, -0.1) is 6.58 Å². The van der Waals surface area contributed by atoms with E-state index in [4.69, 9.17) is 0 Å². The highest BCUT2D eigenvalue weighted by molar-refractivity contribution is 5.85. The monoisotopic (exact) mass is 138 g/mol. The Bertz CT molecular complexity index is 149. The van der Waals surface area contributed by atoms with E-state index >= 15 is 0 Å². The third-order valence-electron chi connectivity index (χ3n) is 2.29. The first-order valence-corrected chi connectivity index (χ1v) is 3.92. The van der Waals surface area contributed by atoms with Crippen LogP contribution in [-0.2, 0) is 4.79 Å². The van der Waals surface area contributed by atoms with Gasteiger partial charge in [0.1, 0.15) is 5.78 Å². The van der Waals surface area contributed by atoms with Gasteiger partial charge in [0, 0.05) is 11.8 Å². The van der Waals surface area contributed by atoms with Gasteiger partial charge in [-0.2, -0.15) is 0 Å². The van der Waals surface area contributed by atoms with Gasteiger partial charge in [-0.05, 0) is 12.8 Å². The van der Waals surface area contributed by atoms with E-state index in [2.05, 4.69) is 6.58 Å². The third kappa shape index (κ3) is 1.28. The van der Waals surface area contributed by atoms with Crippen LogP contribution in [0.1, 0.15) is 26.2 Å². The Balaban J connectivity index is 2.59. The molecule has 56 valence electrons. The summed E-state index contributed by atoms with van der Waals surface area (Å²) in [6.07, 6.45) is 5.07. The number of Topliss-reactive ketones (excluding diaryl/α,β-unsaturated/α-hetero) is 1. The van der Waals surface area contributed by atoms with Crippen molar-refractivity contribution in [3.8, 4) is 0 Å². The van der Waals surface area contributed by atoms with E-state index in [1.54, 1.807) is 6.08 Å². The van der Waals surface area contributed by atoms with Crippen molar-refractivity contribution >= 4 is 5.78 Å². The number of ketones is 1. The van der Waals surface area contributed by atoms with Crippen molar-refractivity contribution in [3.63, 3.8) is 0 Å². The molecule has 0 saturated heterocycles. The molecule has 2 atom stereocenters. The van der Waals surface area contributed by atoms with Gasteiger partial charge in [-0.1, -0.05) is 19.4 Å². The van der Waals surface area contributed by atoms with Crippen LogP contribution < -0.4 is 0 Å². The molecule has 1 fully saturated rings. The molecular weight excluding hydrogens is 124 g/mol. The maximum Gasteiger partial charge on any atom is 0.142 e. The normalized spacial score (nSPS) is 33.9. The molecule has 0 radical (unpaired) electrons. The summed E-state index contributed by atoms with van der Waals surface area (Å²) in [7, 11) is 0. The first kappa shape index (κ1) is 7.52. The van der Waals surface area contributed by atoms with E-state index in [1.165, 1.54) is 6.42 Å². The van der Waals surface area contributed by atoms with Crippen LogP contribution in [0, 0.1) is 11.8 Å². The highest BCUT2D eigenvalue weighted by Gasteiger charge is 2.25. The largest absolute Gasteiger partial charge is 0.299 e. The number of hydrogen-bond acceptors (Lipinski definition) is 1. The van der Waals surface area contributed by atoms with Crippen LogP contribution >= 0.6 is 0 Å². The van der Waals surface area contributed by atoms with Crippen LogP contribution in [0.5, 0.6) is 0 Å². The predicted molar refractivity (Wildman–Crippen MR) is 41.7 cm³/mol. The summed E-state index contributed by atoms with van der Waals surface area (Å²) < 4.78 is 0. The molecule has 1 nitrogen and oxygen atoms in total. The topological polar surface area (TPSA) is 17.1 Å². The van der Waals surface area contributed by atoms with Gasteiger partial charge in [0.25, 0.3) is 0 Å². The average Bonchev–Trinajstić information content (AvgIpc) is 1.95. The maximum absolute atomic E-state index is 11.3. The van der Waals surface area contributed by atoms with Gasteiger partial charge >= 0.3 is 0 Å². The molecule has 0 aromatic heterocycles. The molecule has 1 heteroatoms. The molecule has 1 aliphatic rings. The summed E-state index contributed by atoms with van der Waals surface area (Å²) in [4.78, 5) is 11.3. The lowest BCUT2D eigenvalue weighted by Crippen LogP contribution is -2.24. The Labute approximate surface area is 62.1 Å². The first-order valence-electron chi connectivity index (χ1n) is 3.92. The van der Waals surface area contributed by atoms with Gasteiger partial charge in [-0.3, -0.25) is 4.79 Å². The molecule has 1 saturated carbocycles. The second-order valence-corrected chi connectivity index (χ2v) is 3.08. The minimum absolute atomic E-state index is 0.156. The molecule has 1 aliphatic carbocycles. The van der Waals surface area contributed by atoms with Crippen molar-refractivity contribution in [1.29, 1.82) is 0 Å². The number of hydrogen-bond donors (Lipinski definition) is 0. The lowest BCUT2D eigenvalue weighted by Gasteiger charge is -2.22. The molecule has 0 N–H and O–H groups in total. The van der Waals surface area contributed by atoms with E-state index in [0.29, 0.717) is 5.78 Å². The highest BCUT2D eigenvalue weighted by Crippen LogP contribution is 2.25. The number of carbonyl (C=O) groups excluding carboxylic acids is 1. The van der Waals surface area contributed by atoms with E-state index in [0.717, 1.165) is 12.8 Å². The quantitative estimate of drug-likeness (QED) is 0.507. The summed E-state index contributed by atoms with van der Waals surface area (Å²) in [6, 6.07) is 0. The summed E-state index contributed by atoms with van der Waals surface area (Å²) in [5.74, 6) is 0.821. The van der Waals surface area contributed by atoms with Gasteiger partial charge < -0.3 is 0 Å². The van der Waals surface area contributed by atoms with Crippen molar-refractivity contribution in [1.82, 2.24) is 0 Å². The van der Waals surface area contributed by atoms with Crippen LogP contribution in [0.4, 0.5) is 0 Å². The van der Waals surface area contributed by atoms with Crippen molar-refractivity contribution in [2.75, 3.05) is 0 Å². The standard InChI is InChI=1S/C9H14O/c1-3-8-6-4-5-7(2)9(8)10/h3,7-8H,1,4-6H2,2H3. The summed E-state index contributed by atoms with van der Waals surface area (Å²) in [5, 5.41) is 0.